The summed E-state index contributed by atoms with van der Waals surface area (Å²) in [5, 5.41) is 10.2. The van der Waals surface area contributed by atoms with Crippen LogP contribution < -0.4 is 15.4 Å². The predicted octanol–water partition coefficient (Wildman–Crippen LogP) is 1.85. The second-order valence-electron chi connectivity index (χ2n) is 4.87. The van der Waals surface area contributed by atoms with E-state index in [1.54, 1.807) is 19.2 Å². The highest BCUT2D eigenvalue weighted by atomic mass is 35.5. The first-order valence-corrected chi connectivity index (χ1v) is 7.34. The minimum absolute atomic E-state index is 0.0367. The second-order valence-corrected chi connectivity index (χ2v) is 5.30. The molecule has 0 saturated heterocycles. The van der Waals surface area contributed by atoms with Crippen LogP contribution in [-0.4, -0.2) is 36.4 Å². The Morgan fingerprint density at radius 1 is 1.48 bits per heavy atom. The van der Waals surface area contributed by atoms with Crippen molar-refractivity contribution in [2.24, 2.45) is 0 Å². The molecule has 0 radical (unpaired) electrons. The molecule has 23 heavy (non-hydrogen) atoms. The maximum absolute atomic E-state index is 11.4. The Balaban J connectivity index is 1.71. The highest BCUT2D eigenvalue weighted by Gasteiger charge is 2.20. The molecule has 1 amide bonds. The number of hydrogen-bond acceptors (Lipinski definition) is 7. The van der Waals surface area contributed by atoms with Gasteiger partial charge in [0, 0.05) is 18.6 Å². The van der Waals surface area contributed by atoms with Crippen molar-refractivity contribution in [3.8, 4) is 5.75 Å². The quantitative estimate of drug-likeness (QED) is 0.829. The Labute approximate surface area is 137 Å². The highest BCUT2D eigenvalue weighted by Crippen LogP contribution is 2.38. The standard InChI is InChI=1S/C14H15ClN4O4/c1-21-3-2-11-18-13(23-19-11)6-16-9-4-8(15)5-10-14(9)22-7-12(20)17-10/h4-5,16H,2-3,6-7H2,1H3,(H,17,20). The number of anilines is 2. The van der Waals surface area contributed by atoms with Crippen LogP contribution in [0, 0.1) is 0 Å². The molecule has 0 spiro atoms. The van der Waals surface area contributed by atoms with Crippen molar-refractivity contribution in [1.29, 1.82) is 0 Å². The molecule has 8 nitrogen and oxygen atoms in total. The van der Waals surface area contributed by atoms with E-state index < -0.39 is 0 Å². The van der Waals surface area contributed by atoms with Crippen LogP contribution in [0.5, 0.6) is 5.75 Å². The summed E-state index contributed by atoms with van der Waals surface area (Å²) in [6.45, 7) is 0.802. The van der Waals surface area contributed by atoms with Gasteiger partial charge in [0.1, 0.15) is 0 Å². The van der Waals surface area contributed by atoms with E-state index in [9.17, 15) is 4.79 Å². The molecule has 1 aromatic carbocycles. The van der Waals surface area contributed by atoms with Crippen molar-refractivity contribution < 1.29 is 18.8 Å². The van der Waals surface area contributed by atoms with Crippen LogP contribution in [0.3, 0.4) is 0 Å². The SMILES string of the molecule is COCCc1noc(CNc2cc(Cl)cc3c2OCC(=O)N3)n1. The van der Waals surface area contributed by atoms with Gasteiger partial charge in [-0.15, -0.1) is 0 Å². The van der Waals surface area contributed by atoms with E-state index in [2.05, 4.69) is 20.8 Å². The minimum Gasteiger partial charge on any atom is -0.479 e. The lowest BCUT2D eigenvalue weighted by molar-refractivity contribution is -0.118. The van der Waals surface area contributed by atoms with Crippen LogP contribution in [0.4, 0.5) is 11.4 Å². The zero-order chi connectivity index (χ0) is 16.2. The van der Waals surface area contributed by atoms with E-state index in [0.29, 0.717) is 53.4 Å². The topological polar surface area (TPSA) is 98.5 Å². The first-order chi connectivity index (χ1) is 11.2. The molecule has 2 aromatic rings. The third-order valence-corrected chi connectivity index (χ3v) is 3.36. The van der Waals surface area contributed by atoms with Crippen molar-refractivity contribution in [2.45, 2.75) is 13.0 Å². The summed E-state index contributed by atoms with van der Waals surface area (Å²) < 4.78 is 15.6. The van der Waals surface area contributed by atoms with Crippen LogP contribution >= 0.6 is 11.6 Å². The van der Waals surface area contributed by atoms with Crippen molar-refractivity contribution in [3.63, 3.8) is 0 Å². The highest BCUT2D eigenvalue weighted by molar-refractivity contribution is 6.31. The van der Waals surface area contributed by atoms with E-state index in [0.717, 1.165) is 0 Å². The van der Waals surface area contributed by atoms with Crippen molar-refractivity contribution in [1.82, 2.24) is 10.1 Å². The van der Waals surface area contributed by atoms with Gasteiger partial charge in [0.2, 0.25) is 5.89 Å². The summed E-state index contributed by atoms with van der Waals surface area (Å²) in [6.07, 6.45) is 0.585. The Morgan fingerprint density at radius 2 is 2.35 bits per heavy atom. The summed E-state index contributed by atoms with van der Waals surface area (Å²) >= 11 is 6.06. The van der Waals surface area contributed by atoms with Crippen LogP contribution in [0.2, 0.25) is 5.02 Å². The van der Waals surface area contributed by atoms with Crippen molar-refractivity contribution in [3.05, 3.63) is 28.9 Å². The van der Waals surface area contributed by atoms with Crippen LogP contribution in [0.25, 0.3) is 0 Å². The number of nitrogens with zero attached hydrogens (tertiary/aromatic N) is 2. The van der Waals surface area contributed by atoms with Gasteiger partial charge >= 0.3 is 0 Å². The van der Waals surface area contributed by atoms with Gasteiger partial charge in [0.05, 0.1) is 24.5 Å². The van der Waals surface area contributed by atoms with Gasteiger partial charge in [-0.25, -0.2) is 0 Å². The number of nitrogens with one attached hydrogen (secondary N) is 2. The smallest absolute Gasteiger partial charge is 0.262 e. The van der Waals surface area contributed by atoms with Crippen LogP contribution in [-0.2, 0) is 22.5 Å². The summed E-state index contributed by atoms with van der Waals surface area (Å²) in [7, 11) is 1.61. The van der Waals surface area contributed by atoms with Gasteiger partial charge in [-0.2, -0.15) is 4.98 Å². The van der Waals surface area contributed by atoms with E-state index in [1.807, 2.05) is 0 Å². The molecular formula is C14H15ClN4O4. The van der Waals surface area contributed by atoms with Crippen molar-refractivity contribution >= 4 is 28.9 Å². The molecule has 3 rings (SSSR count). The fourth-order valence-electron chi connectivity index (χ4n) is 2.12. The number of rotatable bonds is 6. The van der Waals surface area contributed by atoms with E-state index in [4.69, 9.17) is 25.6 Å². The molecule has 0 aliphatic carbocycles. The molecule has 1 aliphatic rings. The number of aromatic nitrogens is 2. The number of fused-ring (bicyclic) bond motifs is 1. The number of halogens is 1. The molecule has 0 atom stereocenters. The lowest BCUT2D eigenvalue weighted by atomic mass is 10.2. The molecule has 0 unspecified atom stereocenters. The summed E-state index contributed by atoms with van der Waals surface area (Å²) in [4.78, 5) is 15.6. The van der Waals surface area contributed by atoms with Gasteiger partial charge < -0.3 is 24.6 Å². The number of benzene rings is 1. The number of methoxy groups -OCH3 is 1. The van der Waals surface area contributed by atoms with Gasteiger partial charge in [-0.3, -0.25) is 4.79 Å². The number of carbonyl (C=O) groups excluding carboxylic acids is 1. The van der Waals surface area contributed by atoms with Gasteiger partial charge in [0.25, 0.3) is 5.91 Å². The monoisotopic (exact) mass is 338 g/mol. The molecule has 2 heterocycles. The Kier molecular flexibility index (Phi) is 4.63. The van der Waals surface area contributed by atoms with E-state index in [-0.39, 0.29) is 12.5 Å². The van der Waals surface area contributed by atoms with E-state index in [1.165, 1.54) is 0 Å². The number of hydrogen-bond donors (Lipinski definition) is 2. The maximum Gasteiger partial charge on any atom is 0.262 e. The van der Waals surface area contributed by atoms with Gasteiger partial charge in [-0.1, -0.05) is 16.8 Å². The van der Waals surface area contributed by atoms with Gasteiger partial charge in [-0.05, 0) is 12.1 Å². The minimum atomic E-state index is -0.217. The first kappa shape index (κ1) is 15.6. The fraction of sp³-hybridized carbons (Fsp3) is 0.357. The van der Waals surface area contributed by atoms with Crippen LogP contribution in [0.1, 0.15) is 11.7 Å². The molecule has 122 valence electrons. The molecule has 0 bridgehead atoms. The fourth-order valence-corrected chi connectivity index (χ4v) is 2.34. The van der Waals surface area contributed by atoms with Crippen LogP contribution in [0.15, 0.2) is 16.7 Å². The van der Waals surface area contributed by atoms with Gasteiger partial charge in [0.15, 0.2) is 18.2 Å². The third kappa shape index (κ3) is 3.72. The molecule has 9 heteroatoms. The molecule has 0 saturated carbocycles. The summed E-state index contributed by atoms with van der Waals surface area (Å²) in [5.74, 6) is 1.34. The average Bonchev–Trinajstić information content (AvgIpc) is 2.98. The summed E-state index contributed by atoms with van der Waals surface area (Å²) in [6, 6.07) is 3.34. The lowest BCUT2D eigenvalue weighted by Crippen LogP contribution is -2.26. The Morgan fingerprint density at radius 3 is 3.17 bits per heavy atom. The maximum atomic E-state index is 11.4. The largest absolute Gasteiger partial charge is 0.479 e. The predicted molar refractivity (Wildman–Crippen MR) is 82.8 cm³/mol. The molecular weight excluding hydrogens is 324 g/mol. The third-order valence-electron chi connectivity index (χ3n) is 3.15. The Bertz CT molecular complexity index is 719. The zero-order valence-corrected chi connectivity index (χ0v) is 13.1. The first-order valence-electron chi connectivity index (χ1n) is 6.96. The molecule has 1 aliphatic heterocycles. The number of ether oxygens (including phenoxy) is 2. The Hall–Kier alpha value is -2.32. The summed E-state index contributed by atoms with van der Waals surface area (Å²) in [5.41, 5.74) is 1.17. The molecule has 0 fully saturated rings. The lowest BCUT2D eigenvalue weighted by Gasteiger charge is -2.21. The zero-order valence-electron chi connectivity index (χ0n) is 12.4. The number of carbonyl (C=O) groups is 1. The molecule has 2 N–H and O–H groups in total. The van der Waals surface area contributed by atoms with Crippen molar-refractivity contribution in [2.75, 3.05) is 31.0 Å². The number of amides is 1. The van der Waals surface area contributed by atoms with E-state index >= 15 is 0 Å². The molecule has 1 aromatic heterocycles. The second kappa shape index (κ2) is 6.84. The normalized spacial score (nSPS) is 13.2. The average molecular weight is 339 g/mol.